The fourth-order valence-electron chi connectivity index (χ4n) is 2.06. The van der Waals surface area contributed by atoms with Crippen LogP contribution in [-0.4, -0.2) is 25.7 Å². The molecule has 0 fully saturated rings. The normalized spacial score (nSPS) is 12.9. The van der Waals surface area contributed by atoms with E-state index in [9.17, 15) is 8.78 Å². The summed E-state index contributed by atoms with van der Waals surface area (Å²) in [6.45, 7) is 3.89. The lowest BCUT2D eigenvalue weighted by molar-refractivity contribution is 0.0144. The van der Waals surface area contributed by atoms with Crippen molar-refractivity contribution in [3.05, 3.63) is 34.9 Å². The first-order chi connectivity index (χ1) is 9.04. The molecule has 0 bridgehead atoms. The van der Waals surface area contributed by atoms with E-state index in [2.05, 4.69) is 31.4 Å². The van der Waals surface area contributed by atoms with Crippen molar-refractivity contribution in [1.29, 1.82) is 0 Å². The van der Waals surface area contributed by atoms with Gasteiger partial charge in [-0.05, 0) is 43.4 Å². The van der Waals surface area contributed by atoms with Crippen molar-refractivity contribution in [3.8, 4) is 0 Å². The molecule has 1 aromatic rings. The van der Waals surface area contributed by atoms with Gasteiger partial charge in [0.1, 0.15) is 6.61 Å². The molecule has 0 aliphatic carbocycles. The molecule has 0 aliphatic rings. The molecule has 19 heavy (non-hydrogen) atoms. The Kier molecular flexibility index (Phi) is 6.91. The van der Waals surface area contributed by atoms with Crippen LogP contribution in [-0.2, 0) is 11.2 Å². The summed E-state index contributed by atoms with van der Waals surface area (Å²) in [5.74, 6) is 5.51. The van der Waals surface area contributed by atoms with Crippen molar-refractivity contribution in [1.82, 2.24) is 5.43 Å². The zero-order chi connectivity index (χ0) is 14.3. The third-order valence-electron chi connectivity index (χ3n) is 3.19. The van der Waals surface area contributed by atoms with Gasteiger partial charge < -0.3 is 4.74 Å². The van der Waals surface area contributed by atoms with Crippen LogP contribution in [0.1, 0.15) is 23.1 Å². The van der Waals surface area contributed by atoms with Gasteiger partial charge in [-0.25, -0.2) is 8.78 Å². The van der Waals surface area contributed by atoms with Gasteiger partial charge in [0, 0.05) is 12.6 Å². The van der Waals surface area contributed by atoms with Crippen LogP contribution in [0, 0.1) is 13.8 Å². The molecule has 1 unspecified atom stereocenters. The number of alkyl halides is 2. The largest absolute Gasteiger partial charge is 0.375 e. The second-order valence-corrected chi connectivity index (χ2v) is 4.69. The minimum atomic E-state index is -2.41. The van der Waals surface area contributed by atoms with Gasteiger partial charge >= 0.3 is 0 Å². The van der Waals surface area contributed by atoms with Crippen LogP contribution in [0.25, 0.3) is 0 Å². The molecule has 108 valence electrons. The Morgan fingerprint density at radius 2 is 1.89 bits per heavy atom. The third-order valence-corrected chi connectivity index (χ3v) is 3.19. The van der Waals surface area contributed by atoms with E-state index in [1.54, 1.807) is 0 Å². The Balaban J connectivity index is 2.48. The van der Waals surface area contributed by atoms with E-state index in [-0.39, 0.29) is 12.6 Å². The molecular formula is C14H22F2N2O. The molecule has 5 heteroatoms. The van der Waals surface area contributed by atoms with E-state index in [0.717, 1.165) is 6.42 Å². The van der Waals surface area contributed by atoms with Crippen molar-refractivity contribution in [3.63, 3.8) is 0 Å². The molecule has 1 rings (SSSR count). The highest BCUT2D eigenvalue weighted by Crippen LogP contribution is 2.16. The van der Waals surface area contributed by atoms with Crippen LogP contribution >= 0.6 is 0 Å². The van der Waals surface area contributed by atoms with Gasteiger partial charge in [0.25, 0.3) is 6.43 Å². The van der Waals surface area contributed by atoms with Gasteiger partial charge in [-0.15, -0.1) is 0 Å². The van der Waals surface area contributed by atoms with Crippen molar-refractivity contribution >= 4 is 0 Å². The third kappa shape index (κ3) is 5.63. The van der Waals surface area contributed by atoms with Crippen LogP contribution in [0.5, 0.6) is 0 Å². The Bertz CT molecular complexity index is 365. The van der Waals surface area contributed by atoms with Crippen LogP contribution in [0.15, 0.2) is 18.2 Å². The van der Waals surface area contributed by atoms with E-state index < -0.39 is 13.0 Å². The highest BCUT2D eigenvalue weighted by Gasteiger charge is 2.12. The highest BCUT2D eigenvalue weighted by atomic mass is 19.3. The summed E-state index contributed by atoms with van der Waals surface area (Å²) in [6.07, 6.45) is -1.03. The first-order valence-corrected chi connectivity index (χ1v) is 6.41. The summed E-state index contributed by atoms with van der Waals surface area (Å²) < 4.78 is 28.7. The van der Waals surface area contributed by atoms with Gasteiger partial charge in [-0.2, -0.15) is 0 Å². The number of nitrogens with one attached hydrogen (secondary N) is 1. The number of rotatable bonds is 8. The lowest BCUT2D eigenvalue weighted by Crippen LogP contribution is -2.38. The average molecular weight is 272 g/mol. The Morgan fingerprint density at radius 1 is 1.26 bits per heavy atom. The lowest BCUT2D eigenvalue weighted by Gasteiger charge is -2.18. The Labute approximate surface area is 113 Å². The molecule has 3 N–H and O–H groups in total. The summed E-state index contributed by atoms with van der Waals surface area (Å²) >= 11 is 0. The minimum absolute atomic E-state index is 0.0254. The van der Waals surface area contributed by atoms with Crippen molar-refractivity contribution in [2.75, 3.05) is 13.2 Å². The van der Waals surface area contributed by atoms with Crippen molar-refractivity contribution in [2.45, 2.75) is 39.2 Å². The molecule has 3 nitrogen and oxygen atoms in total. The van der Waals surface area contributed by atoms with E-state index in [1.165, 1.54) is 16.7 Å². The van der Waals surface area contributed by atoms with Gasteiger partial charge in [0.2, 0.25) is 0 Å². The molecule has 0 saturated heterocycles. The summed E-state index contributed by atoms with van der Waals surface area (Å²) in [6, 6.07) is 6.16. The number of nitrogens with two attached hydrogens (primary N) is 1. The minimum Gasteiger partial charge on any atom is -0.375 e. The molecule has 1 atom stereocenters. The maximum Gasteiger partial charge on any atom is 0.261 e. The smallest absolute Gasteiger partial charge is 0.261 e. The molecule has 0 spiro atoms. The maximum atomic E-state index is 11.9. The van der Waals surface area contributed by atoms with E-state index in [4.69, 9.17) is 10.6 Å². The van der Waals surface area contributed by atoms with Crippen molar-refractivity contribution in [2.24, 2.45) is 5.84 Å². The zero-order valence-corrected chi connectivity index (χ0v) is 11.5. The number of benzene rings is 1. The fraction of sp³-hybridized carbons (Fsp3) is 0.571. The van der Waals surface area contributed by atoms with Gasteiger partial charge in [-0.3, -0.25) is 11.3 Å². The van der Waals surface area contributed by atoms with Crippen LogP contribution in [0.2, 0.25) is 0 Å². The van der Waals surface area contributed by atoms with Gasteiger partial charge in [-0.1, -0.05) is 18.2 Å². The number of hydrogen-bond acceptors (Lipinski definition) is 3. The second-order valence-electron chi connectivity index (χ2n) is 4.69. The SMILES string of the molecule is Cc1cccc(C)c1CC(CCOCC(F)F)NN. The maximum absolute atomic E-state index is 11.9. The number of aryl methyl sites for hydroxylation is 2. The predicted octanol–water partition coefficient (Wildman–Crippen LogP) is 2.35. The highest BCUT2D eigenvalue weighted by molar-refractivity contribution is 5.34. The number of halogens is 2. The Hall–Kier alpha value is -1.04. The zero-order valence-electron chi connectivity index (χ0n) is 11.5. The molecule has 0 radical (unpaired) electrons. The molecule has 0 heterocycles. The molecular weight excluding hydrogens is 250 g/mol. The first kappa shape index (κ1) is 16.0. The lowest BCUT2D eigenvalue weighted by atomic mass is 9.95. The molecule has 0 amide bonds. The van der Waals surface area contributed by atoms with Crippen LogP contribution in [0.4, 0.5) is 8.78 Å². The monoisotopic (exact) mass is 272 g/mol. The van der Waals surface area contributed by atoms with Gasteiger partial charge in [0.05, 0.1) is 0 Å². The molecule has 0 aliphatic heterocycles. The predicted molar refractivity (Wildman–Crippen MR) is 72.2 cm³/mol. The fourth-order valence-corrected chi connectivity index (χ4v) is 2.06. The summed E-state index contributed by atoms with van der Waals surface area (Å²) in [5, 5.41) is 0. The Morgan fingerprint density at radius 3 is 2.42 bits per heavy atom. The van der Waals surface area contributed by atoms with E-state index in [0.29, 0.717) is 6.42 Å². The quantitative estimate of drug-likeness (QED) is 0.434. The second kappa shape index (κ2) is 8.19. The average Bonchev–Trinajstić information content (AvgIpc) is 2.36. The van der Waals surface area contributed by atoms with Crippen LogP contribution in [0.3, 0.4) is 0 Å². The number of hydrogen-bond donors (Lipinski definition) is 2. The van der Waals surface area contributed by atoms with Gasteiger partial charge in [0.15, 0.2) is 0 Å². The summed E-state index contributed by atoms with van der Waals surface area (Å²) in [4.78, 5) is 0. The molecule has 1 aromatic carbocycles. The standard InChI is InChI=1S/C14H22F2N2O/c1-10-4-3-5-11(2)13(10)8-12(18-17)6-7-19-9-14(15)16/h3-5,12,14,18H,6-9,17H2,1-2H3. The van der Waals surface area contributed by atoms with Crippen molar-refractivity contribution < 1.29 is 13.5 Å². The first-order valence-electron chi connectivity index (χ1n) is 6.41. The molecule has 0 saturated carbocycles. The number of ether oxygens (including phenoxy) is 1. The van der Waals surface area contributed by atoms with E-state index in [1.807, 2.05) is 6.07 Å². The summed E-state index contributed by atoms with van der Waals surface area (Å²) in [5.41, 5.74) is 6.41. The van der Waals surface area contributed by atoms with Crippen LogP contribution < -0.4 is 11.3 Å². The molecule has 0 aromatic heterocycles. The number of hydrazine groups is 1. The summed E-state index contributed by atoms with van der Waals surface area (Å²) in [7, 11) is 0. The van der Waals surface area contributed by atoms with E-state index >= 15 is 0 Å². The topological polar surface area (TPSA) is 47.3 Å².